The van der Waals surface area contributed by atoms with E-state index in [1.165, 1.54) is 6.42 Å². The Balaban J connectivity index is 2.26. The summed E-state index contributed by atoms with van der Waals surface area (Å²) < 4.78 is 36.5. The van der Waals surface area contributed by atoms with E-state index in [-0.39, 0.29) is 5.75 Å². The first kappa shape index (κ1) is 12.4. The number of hydrogen-bond acceptors (Lipinski definition) is 4. The number of benzene rings is 1. The van der Waals surface area contributed by atoms with Gasteiger partial charge in [0.25, 0.3) is 10.4 Å². The van der Waals surface area contributed by atoms with Crippen LogP contribution in [0.3, 0.4) is 0 Å². The smallest absolute Gasteiger partial charge is 0.262 e. The molecule has 1 saturated carbocycles. The molecular weight excluding hydrogens is 240 g/mol. The Kier molecular flexibility index (Phi) is 3.69. The predicted octanol–water partition coefficient (Wildman–Crippen LogP) is 2.57. The second kappa shape index (κ2) is 5.06. The monoisotopic (exact) mass is 255 g/mol. The van der Waals surface area contributed by atoms with Crippen LogP contribution in [0.1, 0.15) is 43.6 Å². The van der Waals surface area contributed by atoms with Crippen LogP contribution in [0.5, 0.6) is 5.75 Å². The third-order valence-electron chi connectivity index (χ3n) is 3.16. The largest absolute Gasteiger partial charge is 0.716 e. The summed E-state index contributed by atoms with van der Waals surface area (Å²) in [5.74, 6) is 0.496. The highest BCUT2D eigenvalue weighted by Gasteiger charge is 2.19. The van der Waals surface area contributed by atoms with Gasteiger partial charge in [-0.25, -0.2) is 8.42 Å². The zero-order valence-electron chi connectivity index (χ0n) is 9.46. The zero-order valence-corrected chi connectivity index (χ0v) is 10.3. The van der Waals surface area contributed by atoms with Gasteiger partial charge in [-0.2, -0.15) is 0 Å². The van der Waals surface area contributed by atoms with Gasteiger partial charge in [0.05, 0.1) is 0 Å². The molecule has 0 bridgehead atoms. The van der Waals surface area contributed by atoms with Gasteiger partial charge in [0.15, 0.2) is 0 Å². The Hall–Kier alpha value is -1.07. The first-order valence-corrected chi connectivity index (χ1v) is 7.14. The average Bonchev–Trinajstić information content (AvgIpc) is 2.29. The minimum atomic E-state index is -4.69. The van der Waals surface area contributed by atoms with Crippen molar-refractivity contribution in [3.63, 3.8) is 0 Å². The molecule has 5 heteroatoms. The van der Waals surface area contributed by atoms with Crippen molar-refractivity contribution in [2.45, 2.75) is 38.0 Å². The molecule has 17 heavy (non-hydrogen) atoms. The molecule has 94 valence electrons. The molecule has 0 spiro atoms. The molecule has 0 amide bonds. The maximum atomic E-state index is 10.7. The van der Waals surface area contributed by atoms with Gasteiger partial charge >= 0.3 is 0 Å². The molecule has 0 aliphatic heterocycles. The molecule has 1 aliphatic rings. The quantitative estimate of drug-likeness (QED) is 0.615. The van der Waals surface area contributed by atoms with Gasteiger partial charge in [0.1, 0.15) is 5.75 Å². The molecule has 0 saturated heterocycles. The predicted molar refractivity (Wildman–Crippen MR) is 62.6 cm³/mol. The summed E-state index contributed by atoms with van der Waals surface area (Å²) in [5.41, 5.74) is 0.839. The molecule has 0 atom stereocenters. The topological polar surface area (TPSA) is 66.4 Å². The van der Waals surface area contributed by atoms with Crippen molar-refractivity contribution in [2.24, 2.45) is 0 Å². The molecule has 1 fully saturated rings. The number of rotatable bonds is 3. The molecule has 0 heterocycles. The van der Waals surface area contributed by atoms with Crippen molar-refractivity contribution >= 4 is 10.4 Å². The van der Waals surface area contributed by atoms with Crippen LogP contribution in [0.4, 0.5) is 0 Å². The van der Waals surface area contributed by atoms with Crippen LogP contribution in [-0.4, -0.2) is 13.0 Å². The zero-order chi connectivity index (χ0) is 12.3. The van der Waals surface area contributed by atoms with E-state index >= 15 is 0 Å². The third-order valence-corrected chi connectivity index (χ3v) is 3.54. The Morgan fingerprint density at radius 1 is 1.12 bits per heavy atom. The van der Waals surface area contributed by atoms with Gasteiger partial charge in [-0.1, -0.05) is 37.5 Å². The summed E-state index contributed by atoms with van der Waals surface area (Å²) in [6, 6.07) is 6.90. The maximum Gasteiger partial charge on any atom is 0.262 e. The second-order valence-corrected chi connectivity index (χ2v) is 5.35. The van der Waals surface area contributed by atoms with Crippen LogP contribution in [0.25, 0.3) is 0 Å². The Morgan fingerprint density at radius 2 is 1.76 bits per heavy atom. The molecule has 2 rings (SSSR count). The van der Waals surface area contributed by atoms with Crippen molar-refractivity contribution < 1.29 is 17.2 Å². The normalized spacial score (nSPS) is 17.9. The van der Waals surface area contributed by atoms with Gasteiger partial charge in [-0.15, -0.1) is 0 Å². The van der Waals surface area contributed by atoms with E-state index in [0.717, 1.165) is 31.2 Å². The fraction of sp³-hybridized carbons (Fsp3) is 0.500. The lowest BCUT2D eigenvalue weighted by atomic mass is 9.84. The first-order chi connectivity index (χ1) is 8.06. The lowest BCUT2D eigenvalue weighted by Gasteiger charge is -2.24. The maximum absolute atomic E-state index is 10.7. The fourth-order valence-electron chi connectivity index (χ4n) is 2.42. The summed E-state index contributed by atoms with van der Waals surface area (Å²) in [6.45, 7) is 0. The van der Waals surface area contributed by atoms with E-state index in [2.05, 4.69) is 4.18 Å². The summed E-state index contributed by atoms with van der Waals surface area (Å²) in [4.78, 5) is 0. The fourth-order valence-corrected chi connectivity index (χ4v) is 2.79. The van der Waals surface area contributed by atoms with Crippen molar-refractivity contribution in [3.05, 3.63) is 29.8 Å². The van der Waals surface area contributed by atoms with Gasteiger partial charge in [0, 0.05) is 0 Å². The van der Waals surface area contributed by atoms with E-state index < -0.39 is 10.4 Å². The van der Waals surface area contributed by atoms with Gasteiger partial charge in [0.2, 0.25) is 0 Å². The van der Waals surface area contributed by atoms with E-state index in [1.807, 2.05) is 12.1 Å². The standard InChI is InChI=1S/C12H16O4S/c13-17(14,15)16-12-9-5-4-8-11(12)10-6-2-1-3-7-10/h4-5,8-10H,1-3,6-7H2,(H,13,14,15)/p-1. The van der Waals surface area contributed by atoms with Crippen LogP contribution in [-0.2, 0) is 10.4 Å². The van der Waals surface area contributed by atoms with Crippen molar-refractivity contribution in [2.75, 3.05) is 0 Å². The summed E-state index contributed by atoms with van der Waals surface area (Å²) in [7, 11) is -4.69. The van der Waals surface area contributed by atoms with Crippen LogP contribution >= 0.6 is 0 Å². The highest BCUT2D eigenvalue weighted by atomic mass is 32.3. The lowest BCUT2D eigenvalue weighted by molar-refractivity contribution is 0.365. The molecule has 1 aliphatic carbocycles. The van der Waals surface area contributed by atoms with Gasteiger partial charge in [-0.3, -0.25) is 0 Å². The second-order valence-electron chi connectivity index (χ2n) is 4.36. The minimum absolute atomic E-state index is 0.189. The SMILES string of the molecule is O=S(=O)([O-])Oc1ccccc1C1CCCCC1. The Bertz CT molecular complexity index is 475. The summed E-state index contributed by atoms with van der Waals surface area (Å²) >= 11 is 0. The molecule has 0 aromatic heterocycles. The number of hydrogen-bond donors (Lipinski definition) is 0. The molecule has 0 unspecified atom stereocenters. The Morgan fingerprint density at radius 3 is 2.41 bits per heavy atom. The number of para-hydroxylation sites is 1. The molecule has 1 aromatic rings. The molecule has 0 N–H and O–H groups in total. The van der Waals surface area contributed by atoms with Crippen LogP contribution in [0.15, 0.2) is 24.3 Å². The highest BCUT2D eigenvalue weighted by Crippen LogP contribution is 2.37. The average molecular weight is 255 g/mol. The highest BCUT2D eigenvalue weighted by molar-refractivity contribution is 7.81. The van der Waals surface area contributed by atoms with E-state index in [4.69, 9.17) is 0 Å². The van der Waals surface area contributed by atoms with Crippen molar-refractivity contribution in [1.82, 2.24) is 0 Å². The molecule has 4 nitrogen and oxygen atoms in total. The molecular formula is C12H15O4S-. The van der Waals surface area contributed by atoms with E-state index in [0.29, 0.717) is 5.92 Å². The van der Waals surface area contributed by atoms with Crippen LogP contribution in [0, 0.1) is 0 Å². The van der Waals surface area contributed by atoms with Crippen LogP contribution in [0.2, 0.25) is 0 Å². The van der Waals surface area contributed by atoms with Gasteiger partial charge in [-0.05, 0) is 30.4 Å². The van der Waals surface area contributed by atoms with Crippen molar-refractivity contribution in [1.29, 1.82) is 0 Å². The molecule has 0 radical (unpaired) electrons. The first-order valence-electron chi connectivity index (χ1n) is 5.80. The lowest BCUT2D eigenvalue weighted by Crippen LogP contribution is -2.11. The van der Waals surface area contributed by atoms with E-state index in [9.17, 15) is 13.0 Å². The van der Waals surface area contributed by atoms with Crippen LogP contribution < -0.4 is 4.18 Å². The molecule has 1 aromatic carbocycles. The summed E-state index contributed by atoms with van der Waals surface area (Å²) in [5, 5.41) is 0. The van der Waals surface area contributed by atoms with Crippen molar-refractivity contribution in [3.8, 4) is 5.75 Å². The van der Waals surface area contributed by atoms with Gasteiger partial charge < -0.3 is 8.74 Å². The summed E-state index contributed by atoms with van der Waals surface area (Å²) in [6.07, 6.45) is 5.56. The minimum Gasteiger partial charge on any atom is -0.716 e. The van der Waals surface area contributed by atoms with E-state index in [1.54, 1.807) is 12.1 Å². The third kappa shape index (κ3) is 3.44. The Labute approximate surface area is 102 Å².